The van der Waals surface area contributed by atoms with Gasteiger partial charge in [-0.3, -0.25) is 0 Å². The molecule has 5 aliphatic rings. The Balaban J connectivity index is 1.23. The molecule has 18 heavy (non-hydrogen) atoms. The summed E-state index contributed by atoms with van der Waals surface area (Å²) in [6.45, 7) is 0. The van der Waals surface area contributed by atoms with Crippen LogP contribution in [-0.2, 0) is 9.47 Å². The molecule has 4 bridgehead atoms. The molecule has 1 saturated heterocycles. The summed E-state index contributed by atoms with van der Waals surface area (Å²) in [7, 11) is 0. The van der Waals surface area contributed by atoms with Crippen LogP contribution in [-0.4, -0.2) is 12.6 Å². The predicted octanol–water partition coefficient (Wildman–Crippen LogP) is 3.11. The van der Waals surface area contributed by atoms with Crippen molar-refractivity contribution in [1.82, 2.24) is 0 Å². The first-order chi connectivity index (χ1) is 8.87. The van der Waals surface area contributed by atoms with Crippen LogP contribution in [0, 0.1) is 35.5 Å². The van der Waals surface area contributed by atoms with E-state index in [9.17, 15) is 0 Å². The highest BCUT2D eigenvalue weighted by molar-refractivity contribution is 5.13. The van der Waals surface area contributed by atoms with Crippen LogP contribution in [0.15, 0.2) is 24.3 Å². The van der Waals surface area contributed by atoms with Gasteiger partial charge in [-0.05, 0) is 49.4 Å². The molecule has 3 fully saturated rings. The minimum Gasteiger partial charge on any atom is -0.323 e. The standard InChI is InChI=1S/C16H20O2/c1-3-11-5-9(1)7-13(11)15-17-16(18-15)14-8-10-2-4-12(14)6-10/h1-4,9-16H,5-8H2. The number of fused-ring (bicyclic) bond motifs is 4. The Morgan fingerprint density at radius 1 is 0.611 bits per heavy atom. The van der Waals surface area contributed by atoms with E-state index in [-0.39, 0.29) is 12.6 Å². The first-order valence-electron chi connectivity index (χ1n) is 7.54. The second kappa shape index (κ2) is 3.49. The number of hydrogen-bond acceptors (Lipinski definition) is 2. The zero-order valence-corrected chi connectivity index (χ0v) is 10.6. The zero-order valence-electron chi connectivity index (χ0n) is 10.6. The summed E-state index contributed by atoms with van der Waals surface area (Å²) in [6.07, 6.45) is 15.0. The van der Waals surface area contributed by atoms with Crippen molar-refractivity contribution in [3.05, 3.63) is 24.3 Å². The third-order valence-corrected chi connectivity index (χ3v) is 5.90. The number of ether oxygens (including phenoxy) is 2. The van der Waals surface area contributed by atoms with Gasteiger partial charge in [0.1, 0.15) is 0 Å². The molecule has 0 aromatic heterocycles. The smallest absolute Gasteiger partial charge is 0.167 e. The Labute approximate surface area is 108 Å². The van der Waals surface area contributed by atoms with Crippen molar-refractivity contribution >= 4 is 0 Å². The Morgan fingerprint density at radius 2 is 1.11 bits per heavy atom. The topological polar surface area (TPSA) is 18.5 Å². The van der Waals surface area contributed by atoms with Crippen LogP contribution < -0.4 is 0 Å². The highest BCUT2D eigenvalue weighted by atomic mass is 16.9. The Hall–Kier alpha value is -0.600. The average Bonchev–Trinajstić information content (AvgIpc) is 3.07. The van der Waals surface area contributed by atoms with Gasteiger partial charge in [0.25, 0.3) is 0 Å². The lowest BCUT2D eigenvalue weighted by molar-refractivity contribution is -0.417. The molecule has 0 radical (unpaired) electrons. The van der Waals surface area contributed by atoms with Crippen molar-refractivity contribution < 1.29 is 9.47 Å². The first kappa shape index (κ1) is 10.2. The fraction of sp³-hybridized carbons (Fsp3) is 0.750. The van der Waals surface area contributed by atoms with Gasteiger partial charge < -0.3 is 9.47 Å². The van der Waals surface area contributed by atoms with Crippen molar-refractivity contribution in [2.75, 3.05) is 0 Å². The predicted molar refractivity (Wildman–Crippen MR) is 67.4 cm³/mol. The molecule has 2 saturated carbocycles. The number of rotatable bonds is 2. The van der Waals surface area contributed by atoms with Crippen molar-refractivity contribution in [3.63, 3.8) is 0 Å². The SMILES string of the molecule is C1=CC2CC1CC2C1OC(C2CC3C=CC2C3)O1. The fourth-order valence-corrected chi connectivity index (χ4v) is 4.95. The van der Waals surface area contributed by atoms with Crippen molar-refractivity contribution in [2.24, 2.45) is 35.5 Å². The van der Waals surface area contributed by atoms with Gasteiger partial charge in [-0.1, -0.05) is 24.3 Å². The summed E-state index contributed by atoms with van der Waals surface area (Å²) < 4.78 is 12.2. The minimum absolute atomic E-state index is 0.109. The number of hydrogen-bond donors (Lipinski definition) is 0. The maximum atomic E-state index is 6.12. The van der Waals surface area contributed by atoms with E-state index in [4.69, 9.17) is 9.47 Å². The molecule has 0 amide bonds. The molecular weight excluding hydrogens is 224 g/mol. The summed E-state index contributed by atoms with van der Waals surface area (Å²) in [5.74, 6) is 4.39. The molecule has 2 heteroatoms. The summed E-state index contributed by atoms with van der Waals surface area (Å²) >= 11 is 0. The Bertz CT molecular complexity index is 383. The van der Waals surface area contributed by atoms with Crippen LogP contribution in [0.2, 0.25) is 0 Å². The molecule has 96 valence electrons. The first-order valence-corrected chi connectivity index (χ1v) is 7.54. The molecule has 5 rings (SSSR count). The van der Waals surface area contributed by atoms with Gasteiger partial charge in [-0.15, -0.1) is 0 Å². The monoisotopic (exact) mass is 244 g/mol. The van der Waals surface area contributed by atoms with Crippen molar-refractivity contribution in [2.45, 2.75) is 38.3 Å². The van der Waals surface area contributed by atoms with Gasteiger partial charge in [0.15, 0.2) is 12.6 Å². The largest absolute Gasteiger partial charge is 0.323 e. The van der Waals surface area contributed by atoms with Gasteiger partial charge in [-0.2, -0.15) is 0 Å². The molecule has 1 aliphatic heterocycles. The molecule has 0 aromatic rings. The third kappa shape index (κ3) is 1.31. The number of allylic oxidation sites excluding steroid dienone is 4. The lowest BCUT2D eigenvalue weighted by Gasteiger charge is -2.45. The molecule has 1 heterocycles. The lowest BCUT2D eigenvalue weighted by Crippen LogP contribution is -2.51. The van der Waals surface area contributed by atoms with E-state index in [2.05, 4.69) is 24.3 Å². The molecule has 0 spiro atoms. The van der Waals surface area contributed by atoms with E-state index >= 15 is 0 Å². The molecule has 6 unspecified atom stereocenters. The molecular formula is C16H20O2. The van der Waals surface area contributed by atoms with Crippen LogP contribution in [0.3, 0.4) is 0 Å². The summed E-state index contributed by atoms with van der Waals surface area (Å²) in [6, 6.07) is 0. The normalized spacial score (nSPS) is 59.6. The van der Waals surface area contributed by atoms with Crippen LogP contribution in [0.1, 0.15) is 25.7 Å². The molecule has 2 nitrogen and oxygen atoms in total. The van der Waals surface area contributed by atoms with E-state index in [1.54, 1.807) is 0 Å². The molecule has 0 N–H and O–H groups in total. The quantitative estimate of drug-likeness (QED) is 0.695. The average molecular weight is 244 g/mol. The summed E-state index contributed by atoms with van der Waals surface area (Å²) in [5.41, 5.74) is 0. The summed E-state index contributed by atoms with van der Waals surface area (Å²) in [5, 5.41) is 0. The second-order valence-corrected chi connectivity index (χ2v) is 6.90. The highest BCUT2D eigenvalue weighted by Crippen LogP contribution is 2.52. The van der Waals surface area contributed by atoms with E-state index in [1.807, 2.05) is 0 Å². The van der Waals surface area contributed by atoms with Crippen molar-refractivity contribution in [3.8, 4) is 0 Å². The third-order valence-electron chi connectivity index (χ3n) is 5.90. The highest BCUT2D eigenvalue weighted by Gasteiger charge is 2.51. The van der Waals surface area contributed by atoms with Gasteiger partial charge in [0.05, 0.1) is 0 Å². The maximum absolute atomic E-state index is 6.12. The van der Waals surface area contributed by atoms with Gasteiger partial charge in [0.2, 0.25) is 0 Å². The van der Waals surface area contributed by atoms with Crippen LogP contribution in [0.4, 0.5) is 0 Å². The van der Waals surface area contributed by atoms with Crippen LogP contribution in [0.5, 0.6) is 0 Å². The second-order valence-electron chi connectivity index (χ2n) is 6.90. The van der Waals surface area contributed by atoms with Crippen LogP contribution >= 0.6 is 0 Å². The fourth-order valence-electron chi connectivity index (χ4n) is 4.95. The zero-order chi connectivity index (χ0) is 11.7. The van der Waals surface area contributed by atoms with Gasteiger partial charge in [-0.25, -0.2) is 0 Å². The Morgan fingerprint density at radius 3 is 1.44 bits per heavy atom. The Kier molecular flexibility index (Phi) is 1.98. The van der Waals surface area contributed by atoms with E-state index in [1.165, 1.54) is 25.7 Å². The molecule has 0 aromatic carbocycles. The molecule has 4 aliphatic carbocycles. The van der Waals surface area contributed by atoms with Gasteiger partial charge >= 0.3 is 0 Å². The van der Waals surface area contributed by atoms with E-state index < -0.39 is 0 Å². The minimum atomic E-state index is 0.109. The van der Waals surface area contributed by atoms with E-state index in [0.29, 0.717) is 11.8 Å². The lowest BCUT2D eigenvalue weighted by atomic mass is 9.89. The van der Waals surface area contributed by atoms with E-state index in [0.717, 1.165) is 23.7 Å². The maximum Gasteiger partial charge on any atom is 0.167 e. The van der Waals surface area contributed by atoms with Crippen LogP contribution in [0.25, 0.3) is 0 Å². The molecule has 6 atom stereocenters. The van der Waals surface area contributed by atoms with Gasteiger partial charge in [0, 0.05) is 11.8 Å². The van der Waals surface area contributed by atoms with Crippen molar-refractivity contribution in [1.29, 1.82) is 0 Å². The summed E-state index contributed by atoms with van der Waals surface area (Å²) in [4.78, 5) is 0.